The van der Waals surface area contributed by atoms with Gasteiger partial charge in [0.1, 0.15) is 17.3 Å². The Morgan fingerprint density at radius 1 is 1.19 bits per heavy atom. The SMILES string of the molecule is CCC(C)C(=O)Nc1cc(-c2cn(CC)nc2-c2ccc(F)cc2)ccn1. The summed E-state index contributed by atoms with van der Waals surface area (Å²) in [5, 5.41) is 7.49. The van der Waals surface area contributed by atoms with Crippen LogP contribution in [0.2, 0.25) is 0 Å². The molecule has 1 amide bonds. The number of pyridine rings is 1. The van der Waals surface area contributed by atoms with Crippen molar-refractivity contribution in [2.45, 2.75) is 33.7 Å². The lowest BCUT2D eigenvalue weighted by atomic mass is 10.0. The average Bonchev–Trinajstić information content (AvgIpc) is 3.12. The molecule has 0 radical (unpaired) electrons. The summed E-state index contributed by atoms with van der Waals surface area (Å²) in [6.07, 6.45) is 4.39. The first-order chi connectivity index (χ1) is 13.0. The van der Waals surface area contributed by atoms with E-state index in [0.29, 0.717) is 5.82 Å². The van der Waals surface area contributed by atoms with E-state index in [1.54, 1.807) is 18.3 Å². The largest absolute Gasteiger partial charge is 0.310 e. The number of benzene rings is 1. The summed E-state index contributed by atoms with van der Waals surface area (Å²) < 4.78 is 15.1. The van der Waals surface area contributed by atoms with Gasteiger partial charge in [-0.25, -0.2) is 9.37 Å². The summed E-state index contributed by atoms with van der Waals surface area (Å²) in [5.74, 6) is 0.0968. The second-order valence-electron chi connectivity index (χ2n) is 6.48. The van der Waals surface area contributed by atoms with Crippen molar-refractivity contribution in [1.29, 1.82) is 0 Å². The van der Waals surface area contributed by atoms with Crippen LogP contribution in [0, 0.1) is 11.7 Å². The normalized spacial score (nSPS) is 12.0. The van der Waals surface area contributed by atoms with Crippen molar-refractivity contribution >= 4 is 11.7 Å². The molecule has 2 heterocycles. The van der Waals surface area contributed by atoms with E-state index < -0.39 is 0 Å². The van der Waals surface area contributed by atoms with Crippen LogP contribution in [0.25, 0.3) is 22.4 Å². The average molecular weight is 366 g/mol. The Morgan fingerprint density at radius 2 is 1.93 bits per heavy atom. The van der Waals surface area contributed by atoms with Gasteiger partial charge in [-0.05, 0) is 55.3 Å². The molecule has 0 fully saturated rings. The van der Waals surface area contributed by atoms with Crippen LogP contribution in [0.15, 0.2) is 48.8 Å². The van der Waals surface area contributed by atoms with E-state index in [2.05, 4.69) is 15.4 Å². The minimum absolute atomic E-state index is 0.0508. The number of carbonyl (C=O) groups is 1. The van der Waals surface area contributed by atoms with Gasteiger partial charge in [-0.3, -0.25) is 9.48 Å². The highest BCUT2D eigenvalue weighted by molar-refractivity contribution is 5.92. The smallest absolute Gasteiger partial charge is 0.228 e. The number of aryl methyl sites for hydroxylation is 1. The molecule has 2 aromatic heterocycles. The van der Waals surface area contributed by atoms with E-state index in [0.717, 1.165) is 35.3 Å². The molecule has 0 spiro atoms. The fraction of sp³-hybridized carbons (Fsp3) is 0.286. The maximum atomic E-state index is 13.3. The molecule has 27 heavy (non-hydrogen) atoms. The van der Waals surface area contributed by atoms with Gasteiger partial charge in [-0.1, -0.05) is 13.8 Å². The lowest BCUT2D eigenvalue weighted by Gasteiger charge is -2.10. The summed E-state index contributed by atoms with van der Waals surface area (Å²) in [6, 6.07) is 10.00. The van der Waals surface area contributed by atoms with Crippen LogP contribution >= 0.6 is 0 Å². The van der Waals surface area contributed by atoms with Crippen LogP contribution in [0.4, 0.5) is 10.2 Å². The Morgan fingerprint density at radius 3 is 2.59 bits per heavy atom. The van der Waals surface area contributed by atoms with Gasteiger partial charge in [0.25, 0.3) is 0 Å². The number of halogens is 1. The van der Waals surface area contributed by atoms with E-state index in [1.807, 2.05) is 43.8 Å². The summed E-state index contributed by atoms with van der Waals surface area (Å²) >= 11 is 0. The second-order valence-corrected chi connectivity index (χ2v) is 6.48. The minimum atomic E-state index is -0.283. The number of nitrogens with one attached hydrogen (secondary N) is 1. The number of hydrogen-bond donors (Lipinski definition) is 1. The quantitative estimate of drug-likeness (QED) is 0.684. The Labute approximate surface area is 158 Å². The number of amides is 1. The molecule has 3 rings (SSSR count). The van der Waals surface area contributed by atoms with Crippen LogP contribution < -0.4 is 5.32 Å². The zero-order valence-electron chi connectivity index (χ0n) is 15.7. The molecule has 0 bridgehead atoms. The van der Waals surface area contributed by atoms with E-state index in [9.17, 15) is 9.18 Å². The molecule has 1 N–H and O–H groups in total. The maximum Gasteiger partial charge on any atom is 0.228 e. The first kappa shape index (κ1) is 18.8. The molecule has 0 aliphatic heterocycles. The molecule has 0 aliphatic carbocycles. The first-order valence-corrected chi connectivity index (χ1v) is 9.12. The van der Waals surface area contributed by atoms with Crippen molar-refractivity contribution in [3.8, 4) is 22.4 Å². The van der Waals surface area contributed by atoms with Gasteiger partial charge in [-0.15, -0.1) is 0 Å². The topological polar surface area (TPSA) is 59.8 Å². The second kappa shape index (κ2) is 8.12. The molecule has 1 atom stereocenters. The van der Waals surface area contributed by atoms with Gasteiger partial charge < -0.3 is 5.32 Å². The van der Waals surface area contributed by atoms with Crippen molar-refractivity contribution in [3.05, 3.63) is 54.6 Å². The maximum absolute atomic E-state index is 13.3. The highest BCUT2D eigenvalue weighted by Crippen LogP contribution is 2.32. The summed E-state index contributed by atoms with van der Waals surface area (Å²) in [5.41, 5.74) is 3.40. The lowest BCUT2D eigenvalue weighted by Crippen LogP contribution is -2.20. The van der Waals surface area contributed by atoms with Crippen molar-refractivity contribution in [2.24, 2.45) is 5.92 Å². The molecule has 0 saturated carbocycles. The van der Waals surface area contributed by atoms with Crippen LogP contribution in [0.1, 0.15) is 27.2 Å². The third kappa shape index (κ3) is 4.22. The first-order valence-electron chi connectivity index (χ1n) is 9.12. The third-order valence-corrected chi connectivity index (χ3v) is 4.59. The zero-order valence-corrected chi connectivity index (χ0v) is 15.7. The van der Waals surface area contributed by atoms with E-state index in [-0.39, 0.29) is 17.6 Å². The van der Waals surface area contributed by atoms with Crippen LogP contribution in [0.5, 0.6) is 0 Å². The van der Waals surface area contributed by atoms with Crippen molar-refractivity contribution in [2.75, 3.05) is 5.32 Å². The molecular weight excluding hydrogens is 343 g/mol. The van der Waals surface area contributed by atoms with Gasteiger partial charge >= 0.3 is 0 Å². The van der Waals surface area contributed by atoms with Crippen molar-refractivity contribution in [1.82, 2.24) is 14.8 Å². The Balaban J connectivity index is 1.99. The number of nitrogens with zero attached hydrogens (tertiary/aromatic N) is 3. The van der Waals surface area contributed by atoms with Gasteiger partial charge in [0.05, 0.1) is 0 Å². The van der Waals surface area contributed by atoms with Gasteiger partial charge in [0.2, 0.25) is 5.91 Å². The lowest BCUT2D eigenvalue weighted by molar-refractivity contribution is -0.119. The van der Waals surface area contributed by atoms with Gasteiger partial charge in [0.15, 0.2) is 0 Å². The number of rotatable bonds is 6. The number of carbonyl (C=O) groups excluding carboxylic acids is 1. The molecule has 6 heteroatoms. The zero-order chi connectivity index (χ0) is 19.4. The predicted molar refractivity (Wildman–Crippen MR) is 105 cm³/mol. The summed E-state index contributed by atoms with van der Waals surface area (Å²) in [6.45, 7) is 6.59. The third-order valence-electron chi connectivity index (χ3n) is 4.59. The van der Waals surface area contributed by atoms with E-state index >= 15 is 0 Å². The Hall–Kier alpha value is -3.02. The highest BCUT2D eigenvalue weighted by atomic mass is 19.1. The molecular formula is C21H23FN4O. The van der Waals surface area contributed by atoms with Crippen LogP contribution in [-0.4, -0.2) is 20.7 Å². The number of hydrogen-bond acceptors (Lipinski definition) is 3. The fourth-order valence-electron chi connectivity index (χ4n) is 2.72. The minimum Gasteiger partial charge on any atom is -0.310 e. The molecule has 0 saturated heterocycles. The Bertz CT molecular complexity index is 934. The number of anilines is 1. The summed E-state index contributed by atoms with van der Waals surface area (Å²) in [4.78, 5) is 16.4. The molecule has 3 aromatic rings. The van der Waals surface area contributed by atoms with Crippen molar-refractivity contribution in [3.63, 3.8) is 0 Å². The van der Waals surface area contributed by atoms with E-state index in [4.69, 9.17) is 0 Å². The molecule has 5 nitrogen and oxygen atoms in total. The van der Waals surface area contributed by atoms with Crippen LogP contribution in [0.3, 0.4) is 0 Å². The number of aromatic nitrogens is 3. The molecule has 1 unspecified atom stereocenters. The van der Waals surface area contributed by atoms with Crippen molar-refractivity contribution < 1.29 is 9.18 Å². The monoisotopic (exact) mass is 366 g/mol. The van der Waals surface area contributed by atoms with Gasteiger partial charge in [0, 0.05) is 36.0 Å². The van der Waals surface area contributed by atoms with Gasteiger partial charge in [-0.2, -0.15) is 5.10 Å². The standard InChI is InChI=1S/C21H23FN4O/c1-4-14(3)21(27)24-19-12-16(10-11-23-19)18-13-26(5-2)25-20(18)15-6-8-17(22)9-7-15/h6-14H,4-5H2,1-3H3,(H,23,24,27). The molecule has 0 aliphatic rings. The predicted octanol–water partition coefficient (Wildman–Crippen LogP) is 4.76. The highest BCUT2D eigenvalue weighted by Gasteiger charge is 2.15. The Kier molecular flexibility index (Phi) is 5.64. The summed E-state index contributed by atoms with van der Waals surface area (Å²) in [7, 11) is 0. The molecule has 140 valence electrons. The van der Waals surface area contributed by atoms with E-state index in [1.165, 1.54) is 12.1 Å². The van der Waals surface area contributed by atoms with Crippen LogP contribution in [-0.2, 0) is 11.3 Å². The molecule has 1 aromatic carbocycles. The fourth-order valence-corrected chi connectivity index (χ4v) is 2.72.